The summed E-state index contributed by atoms with van der Waals surface area (Å²) < 4.78 is 4.12. The van der Waals surface area contributed by atoms with Crippen LogP contribution in [-0.4, -0.2) is 0 Å². The highest BCUT2D eigenvalue weighted by Crippen LogP contribution is 2.17. The van der Waals surface area contributed by atoms with Gasteiger partial charge in [0.05, 0.1) is 12.4 Å². The summed E-state index contributed by atoms with van der Waals surface area (Å²) in [6.07, 6.45) is 4.02. The van der Waals surface area contributed by atoms with Crippen LogP contribution >= 0.6 is 0 Å². The topological polar surface area (TPSA) is 59.8 Å². The first-order valence-electron chi connectivity index (χ1n) is 8.11. The van der Waals surface area contributed by atoms with Crippen molar-refractivity contribution in [2.24, 2.45) is 0 Å². The van der Waals surface area contributed by atoms with Gasteiger partial charge in [-0.3, -0.25) is 11.5 Å². The highest BCUT2D eigenvalue weighted by molar-refractivity contribution is 5.37. The summed E-state index contributed by atoms with van der Waals surface area (Å²) in [7, 11) is 0. The summed E-state index contributed by atoms with van der Waals surface area (Å²) in [5, 5.41) is 0. The normalized spacial score (nSPS) is 9.92. The van der Waals surface area contributed by atoms with Gasteiger partial charge in [0.2, 0.25) is 0 Å². The zero-order valence-electron chi connectivity index (χ0n) is 15.0. The van der Waals surface area contributed by atoms with Gasteiger partial charge in [0.25, 0.3) is 11.6 Å². The molecule has 0 fully saturated rings. The molecule has 3 rings (SSSR count). The van der Waals surface area contributed by atoms with Crippen LogP contribution in [0.5, 0.6) is 0 Å². The summed E-state index contributed by atoms with van der Waals surface area (Å²) in [6, 6.07) is 16.3. The first-order chi connectivity index (χ1) is 11.5. The van der Waals surface area contributed by atoms with Crippen LogP contribution in [0.1, 0.15) is 22.3 Å². The van der Waals surface area contributed by atoms with E-state index in [9.17, 15) is 0 Å². The van der Waals surface area contributed by atoms with Gasteiger partial charge in [-0.15, -0.1) is 0 Å². The predicted molar refractivity (Wildman–Crippen MR) is 96.2 cm³/mol. The second-order valence-corrected chi connectivity index (χ2v) is 6.21. The van der Waals surface area contributed by atoms with Crippen molar-refractivity contribution in [2.45, 2.75) is 26.9 Å². The number of benzene rings is 1. The van der Waals surface area contributed by atoms with Crippen LogP contribution in [0.25, 0.3) is 0 Å². The number of hydrogen-bond acceptors (Lipinski definition) is 2. The van der Waals surface area contributed by atoms with Gasteiger partial charge in [0.15, 0.2) is 0 Å². The van der Waals surface area contributed by atoms with Crippen molar-refractivity contribution >= 4 is 11.6 Å². The molecule has 0 radical (unpaired) electrons. The largest absolute Gasteiger partial charge is 1.00 e. The predicted octanol–water partition coefficient (Wildman–Crippen LogP) is -3.85. The lowest BCUT2D eigenvalue weighted by Crippen LogP contribution is -3.00. The number of rotatable bonds is 4. The zero-order chi connectivity index (χ0) is 17.1. The lowest BCUT2D eigenvalue weighted by molar-refractivity contribution is -0.674. The molecule has 0 aliphatic carbocycles. The minimum atomic E-state index is 0. The minimum Gasteiger partial charge on any atom is -1.00 e. The van der Waals surface area contributed by atoms with Gasteiger partial charge in [-0.25, -0.2) is 9.13 Å². The first-order valence-corrected chi connectivity index (χ1v) is 8.11. The van der Waals surface area contributed by atoms with Gasteiger partial charge >= 0.3 is 0 Å². The van der Waals surface area contributed by atoms with Crippen molar-refractivity contribution in [2.75, 3.05) is 11.5 Å². The third-order valence-electron chi connectivity index (χ3n) is 4.43. The molecule has 0 bridgehead atoms. The molecule has 0 atom stereocenters. The summed E-state index contributed by atoms with van der Waals surface area (Å²) in [5.74, 6) is 1.54. The molecule has 6 heteroatoms. The maximum atomic E-state index is 6.05. The Morgan fingerprint density at radius 2 is 1.08 bits per heavy atom. The number of nitrogen functional groups attached to an aromatic ring is 2. The lowest BCUT2D eigenvalue weighted by Gasteiger charge is -2.12. The van der Waals surface area contributed by atoms with E-state index in [2.05, 4.69) is 35.1 Å². The van der Waals surface area contributed by atoms with Crippen LogP contribution in [0.15, 0.2) is 60.9 Å². The molecule has 4 N–H and O–H groups in total. The molecule has 0 unspecified atom stereocenters. The third kappa shape index (κ3) is 4.87. The van der Waals surface area contributed by atoms with Crippen molar-refractivity contribution < 1.29 is 33.9 Å². The number of halogens is 2. The molecule has 2 heterocycles. The van der Waals surface area contributed by atoms with Crippen LogP contribution in [0.2, 0.25) is 0 Å². The van der Waals surface area contributed by atoms with Crippen LogP contribution in [-0.2, 0) is 13.1 Å². The first kappa shape index (κ1) is 21.7. The molecule has 3 aromatic rings. The Labute approximate surface area is 167 Å². The van der Waals surface area contributed by atoms with Crippen LogP contribution in [0.4, 0.5) is 11.6 Å². The Balaban J connectivity index is 0.00000169. The number of aromatic nitrogens is 2. The van der Waals surface area contributed by atoms with E-state index in [1.54, 1.807) is 0 Å². The van der Waals surface area contributed by atoms with Gasteiger partial charge in [0.1, 0.15) is 13.1 Å². The molecule has 4 nitrogen and oxygen atoms in total. The molecule has 138 valence electrons. The van der Waals surface area contributed by atoms with Gasteiger partial charge < -0.3 is 24.8 Å². The van der Waals surface area contributed by atoms with Crippen molar-refractivity contribution in [1.82, 2.24) is 0 Å². The van der Waals surface area contributed by atoms with E-state index in [4.69, 9.17) is 11.5 Å². The Hall–Kier alpha value is -2.30. The van der Waals surface area contributed by atoms with Gasteiger partial charge in [-0.1, -0.05) is 24.3 Å². The average molecular weight is 391 g/mol. The van der Waals surface area contributed by atoms with E-state index >= 15 is 0 Å². The smallest absolute Gasteiger partial charge is 0.272 e. The van der Waals surface area contributed by atoms with Crippen LogP contribution in [0, 0.1) is 13.8 Å². The van der Waals surface area contributed by atoms with Gasteiger partial charge in [0, 0.05) is 12.1 Å². The van der Waals surface area contributed by atoms with E-state index in [1.165, 1.54) is 22.3 Å². The Bertz CT molecular complexity index is 808. The number of nitrogens with two attached hydrogens (primary N) is 2. The second-order valence-electron chi connectivity index (χ2n) is 6.21. The molecule has 26 heavy (non-hydrogen) atoms. The van der Waals surface area contributed by atoms with E-state index in [1.807, 2.05) is 48.8 Å². The Kier molecular flexibility index (Phi) is 7.87. The average Bonchev–Trinajstić information content (AvgIpc) is 2.56. The standard InChI is InChI=1S/C20H22N4.2ClH/c1-15-11-18(14-24-10-6-4-8-20(24)22)16(2)12-17(15)13-23-9-5-3-7-19(23)21;;/h3-12,21-22H,13-14H2,1-2H3;2*1H. The van der Waals surface area contributed by atoms with Crippen molar-refractivity contribution in [3.05, 3.63) is 83.2 Å². The maximum absolute atomic E-state index is 6.05. The fraction of sp³-hybridized carbons (Fsp3) is 0.200. The van der Waals surface area contributed by atoms with E-state index < -0.39 is 0 Å². The maximum Gasteiger partial charge on any atom is 0.272 e. The minimum absolute atomic E-state index is 0. The number of nitrogens with zero attached hydrogens (tertiary/aromatic N) is 2. The third-order valence-corrected chi connectivity index (χ3v) is 4.43. The summed E-state index contributed by atoms with van der Waals surface area (Å²) in [5.41, 5.74) is 17.2. The molecule has 0 amide bonds. The number of hydrogen-bond donors (Lipinski definition) is 2. The van der Waals surface area contributed by atoms with Gasteiger partial charge in [-0.2, -0.15) is 0 Å². The number of pyridine rings is 2. The Morgan fingerprint density at radius 3 is 1.42 bits per heavy atom. The van der Waals surface area contributed by atoms with Crippen LogP contribution in [0.3, 0.4) is 0 Å². The fourth-order valence-electron chi connectivity index (χ4n) is 2.91. The van der Waals surface area contributed by atoms with E-state index in [0.29, 0.717) is 0 Å². The van der Waals surface area contributed by atoms with Crippen molar-refractivity contribution in [3.63, 3.8) is 0 Å². The van der Waals surface area contributed by atoms with Gasteiger partial charge in [-0.05, 0) is 48.2 Å². The molecule has 1 aromatic carbocycles. The molecular weight excluding hydrogens is 367 g/mol. The van der Waals surface area contributed by atoms with Crippen LogP contribution < -0.4 is 45.4 Å². The van der Waals surface area contributed by atoms with E-state index in [0.717, 1.165) is 24.7 Å². The molecule has 0 saturated heterocycles. The molecule has 0 spiro atoms. The quantitative estimate of drug-likeness (QED) is 0.448. The molecule has 0 aliphatic heterocycles. The summed E-state index contributed by atoms with van der Waals surface area (Å²) in [4.78, 5) is 0. The number of aryl methyl sites for hydroxylation is 2. The molecule has 2 aromatic heterocycles. The number of anilines is 2. The van der Waals surface area contributed by atoms with E-state index in [-0.39, 0.29) is 24.8 Å². The molecule has 0 aliphatic rings. The fourth-order valence-corrected chi connectivity index (χ4v) is 2.91. The zero-order valence-corrected chi connectivity index (χ0v) is 16.5. The highest BCUT2D eigenvalue weighted by Gasteiger charge is 2.12. The SMILES string of the molecule is Cc1cc(C[n+]2ccccc2N)c(C)cc1C[n+]1ccccc1N.[Cl-].[Cl-]. The molecule has 0 saturated carbocycles. The summed E-state index contributed by atoms with van der Waals surface area (Å²) >= 11 is 0. The lowest BCUT2D eigenvalue weighted by atomic mass is 9.99. The summed E-state index contributed by atoms with van der Waals surface area (Å²) in [6.45, 7) is 5.86. The van der Waals surface area contributed by atoms with Crippen molar-refractivity contribution in [3.8, 4) is 0 Å². The van der Waals surface area contributed by atoms with Crippen molar-refractivity contribution in [1.29, 1.82) is 0 Å². The highest BCUT2D eigenvalue weighted by atomic mass is 35.5. The Morgan fingerprint density at radius 1 is 0.692 bits per heavy atom. The molecular formula is C20H24Cl2N4. The monoisotopic (exact) mass is 390 g/mol. The second kappa shape index (κ2) is 9.41.